The number of aromatic carboxylic acids is 1. The van der Waals surface area contributed by atoms with Gasteiger partial charge in [0, 0.05) is 6.42 Å². The van der Waals surface area contributed by atoms with E-state index in [0.717, 1.165) is 0 Å². The zero-order chi connectivity index (χ0) is 16.2. The largest absolute Gasteiger partial charge is 0.497 e. The van der Waals surface area contributed by atoms with Crippen molar-refractivity contribution in [2.24, 2.45) is 11.3 Å². The number of benzene rings is 1. The number of carboxylic acids is 1. The van der Waals surface area contributed by atoms with Gasteiger partial charge in [0.15, 0.2) is 0 Å². The van der Waals surface area contributed by atoms with Gasteiger partial charge in [0.1, 0.15) is 5.75 Å². The molecule has 1 atom stereocenters. The van der Waals surface area contributed by atoms with Gasteiger partial charge in [-0.05, 0) is 29.5 Å². The third kappa shape index (κ3) is 4.77. The summed E-state index contributed by atoms with van der Waals surface area (Å²) in [4.78, 5) is 23.3. The Hall–Kier alpha value is -2.04. The van der Waals surface area contributed by atoms with Crippen molar-refractivity contribution in [3.8, 4) is 5.75 Å². The summed E-state index contributed by atoms with van der Waals surface area (Å²) in [6.07, 6.45) is 0.342. The molecular formula is C16H23NO4. The van der Waals surface area contributed by atoms with Crippen LogP contribution < -0.4 is 10.1 Å². The summed E-state index contributed by atoms with van der Waals surface area (Å²) in [7, 11) is 1.46. The molecule has 2 N–H and O–H groups in total. The van der Waals surface area contributed by atoms with Crippen molar-refractivity contribution in [3.63, 3.8) is 0 Å². The lowest BCUT2D eigenvalue weighted by molar-refractivity contribution is -0.117. The van der Waals surface area contributed by atoms with Crippen molar-refractivity contribution in [1.29, 1.82) is 0 Å². The molecule has 116 valence electrons. The highest BCUT2D eigenvalue weighted by atomic mass is 16.5. The van der Waals surface area contributed by atoms with E-state index in [1.165, 1.54) is 13.2 Å². The number of carbonyl (C=O) groups is 2. The van der Waals surface area contributed by atoms with Gasteiger partial charge in [-0.25, -0.2) is 4.79 Å². The second-order valence-electron chi connectivity index (χ2n) is 6.24. The van der Waals surface area contributed by atoms with E-state index < -0.39 is 5.97 Å². The number of amides is 1. The van der Waals surface area contributed by atoms with Crippen LogP contribution in [0, 0.1) is 11.3 Å². The molecule has 1 aromatic carbocycles. The molecular weight excluding hydrogens is 270 g/mol. The molecule has 0 saturated carbocycles. The normalized spacial score (nSPS) is 12.6. The van der Waals surface area contributed by atoms with E-state index in [-0.39, 0.29) is 28.5 Å². The quantitative estimate of drug-likeness (QED) is 0.872. The van der Waals surface area contributed by atoms with Crippen LogP contribution in [0.15, 0.2) is 18.2 Å². The third-order valence-electron chi connectivity index (χ3n) is 3.70. The second-order valence-corrected chi connectivity index (χ2v) is 6.24. The minimum absolute atomic E-state index is 0.0195. The summed E-state index contributed by atoms with van der Waals surface area (Å²) in [5.74, 6) is -0.671. The molecule has 5 nitrogen and oxygen atoms in total. The van der Waals surface area contributed by atoms with Gasteiger partial charge in [-0.15, -0.1) is 0 Å². The van der Waals surface area contributed by atoms with E-state index in [1.807, 2.05) is 6.92 Å². The van der Waals surface area contributed by atoms with Crippen LogP contribution in [-0.4, -0.2) is 24.1 Å². The predicted molar refractivity (Wildman–Crippen MR) is 81.8 cm³/mol. The van der Waals surface area contributed by atoms with Gasteiger partial charge < -0.3 is 15.2 Å². The zero-order valence-electron chi connectivity index (χ0n) is 13.2. The molecule has 0 bridgehead atoms. The van der Waals surface area contributed by atoms with Gasteiger partial charge in [0.25, 0.3) is 0 Å². The fourth-order valence-electron chi connectivity index (χ4n) is 1.72. The smallest absolute Gasteiger partial charge is 0.337 e. The van der Waals surface area contributed by atoms with Gasteiger partial charge in [-0.1, -0.05) is 27.7 Å². The molecule has 5 heteroatoms. The van der Waals surface area contributed by atoms with Crippen LogP contribution in [0.5, 0.6) is 5.75 Å². The van der Waals surface area contributed by atoms with Gasteiger partial charge in [-0.2, -0.15) is 0 Å². The van der Waals surface area contributed by atoms with Crippen molar-refractivity contribution >= 4 is 17.6 Å². The molecule has 21 heavy (non-hydrogen) atoms. The molecule has 1 amide bonds. The van der Waals surface area contributed by atoms with E-state index in [0.29, 0.717) is 12.2 Å². The fraction of sp³-hybridized carbons (Fsp3) is 0.500. The first kappa shape index (κ1) is 17.0. The zero-order valence-corrected chi connectivity index (χ0v) is 13.2. The molecule has 0 spiro atoms. The van der Waals surface area contributed by atoms with Crippen molar-refractivity contribution in [2.45, 2.75) is 34.1 Å². The Morgan fingerprint density at radius 1 is 1.33 bits per heavy atom. The van der Waals surface area contributed by atoms with Crippen molar-refractivity contribution in [1.82, 2.24) is 0 Å². The summed E-state index contributed by atoms with van der Waals surface area (Å²) in [5.41, 5.74) is 0.327. The minimum Gasteiger partial charge on any atom is -0.497 e. The summed E-state index contributed by atoms with van der Waals surface area (Å²) in [6.45, 7) is 8.22. The van der Waals surface area contributed by atoms with E-state index in [9.17, 15) is 14.7 Å². The predicted octanol–water partition coefficient (Wildman–Crippen LogP) is 3.40. The number of ether oxygens (including phenoxy) is 1. The Bertz CT molecular complexity index is 532. The second kappa shape index (κ2) is 6.61. The van der Waals surface area contributed by atoms with Crippen LogP contribution in [-0.2, 0) is 4.79 Å². The highest BCUT2D eigenvalue weighted by Gasteiger charge is 2.23. The number of rotatable bonds is 5. The maximum absolute atomic E-state index is 12.1. The molecule has 0 aliphatic rings. The number of nitrogens with one attached hydrogen (secondary N) is 1. The van der Waals surface area contributed by atoms with Gasteiger partial charge in [0.2, 0.25) is 5.91 Å². The first-order valence-electron chi connectivity index (χ1n) is 6.86. The number of hydrogen-bond donors (Lipinski definition) is 2. The Balaban J connectivity index is 2.88. The standard InChI is InChI=1S/C16H23NO4/c1-10(16(2,3)4)8-14(18)17-13-7-6-11(21-5)9-12(13)15(19)20/h6-7,9-10H,8H2,1-5H3,(H,17,18)(H,19,20). The number of carboxylic acid groups (broad SMARTS) is 1. The lowest BCUT2D eigenvalue weighted by Gasteiger charge is -2.26. The average molecular weight is 293 g/mol. The van der Waals surface area contributed by atoms with Crippen molar-refractivity contribution in [3.05, 3.63) is 23.8 Å². The molecule has 0 fully saturated rings. The fourth-order valence-corrected chi connectivity index (χ4v) is 1.72. The van der Waals surface area contributed by atoms with Gasteiger partial charge >= 0.3 is 5.97 Å². The molecule has 0 aliphatic carbocycles. The number of carbonyl (C=O) groups excluding carboxylic acids is 1. The van der Waals surface area contributed by atoms with Crippen LogP contribution >= 0.6 is 0 Å². The van der Waals surface area contributed by atoms with Crippen molar-refractivity contribution in [2.75, 3.05) is 12.4 Å². The van der Waals surface area contributed by atoms with E-state index in [2.05, 4.69) is 26.1 Å². The monoisotopic (exact) mass is 293 g/mol. The Labute approximate surface area is 125 Å². The Kier molecular flexibility index (Phi) is 5.35. The molecule has 0 heterocycles. The maximum atomic E-state index is 12.1. The van der Waals surface area contributed by atoms with Gasteiger partial charge in [-0.3, -0.25) is 4.79 Å². The molecule has 0 radical (unpaired) electrons. The Morgan fingerprint density at radius 2 is 1.95 bits per heavy atom. The van der Waals surface area contributed by atoms with Crippen LogP contribution in [0.3, 0.4) is 0 Å². The maximum Gasteiger partial charge on any atom is 0.337 e. The van der Waals surface area contributed by atoms with E-state index in [4.69, 9.17) is 4.74 Å². The summed E-state index contributed by atoms with van der Waals surface area (Å²) < 4.78 is 5.00. The average Bonchev–Trinajstić information content (AvgIpc) is 2.37. The lowest BCUT2D eigenvalue weighted by Crippen LogP contribution is -2.24. The molecule has 0 aliphatic heterocycles. The lowest BCUT2D eigenvalue weighted by atomic mass is 9.80. The van der Waals surface area contributed by atoms with E-state index in [1.54, 1.807) is 12.1 Å². The summed E-state index contributed by atoms with van der Waals surface area (Å²) in [6, 6.07) is 4.56. The third-order valence-corrected chi connectivity index (χ3v) is 3.70. The topological polar surface area (TPSA) is 75.6 Å². The van der Waals surface area contributed by atoms with Crippen LogP contribution in [0.4, 0.5) is 5.69 Å². The molecule has 1 rings (SSSR count). The first-order chi connectivity index (χ1) is 9.65. The molecule has 0 aromatic heterocycles. The SMILES string of the molecule is COc1ccc(NC(=O)CC(C)C(C)(C)C)c(C(=O)O)c1. The van der Waals surface area contributed by atoms with Gasteiger partial charge in [0.05, 0.1) is 18.4 Å². The molecule has 1 unspecified atom stereocenters. The Morgan fingerprint density at radius 3 is 2.43 bits per heavy atom. The van der Waals surface area contributed by atoms with Crippen LogP contribution in [0.1, 0.15) is 44.5 Å². The summed E-state index contributed by atoms with van der Waals surface area (Å²) in [5, 5.41) is 11.9. The summed E-state index contributed by atoms with van der Waals surface area (Å²) >= 11 is 0. The van der Waals surface area contributed by atoms with E-state index >= 15 is 0 Å². The molecule has 1 aromatic rings. The highest BCUT2D eigenvalue weighted by Crippen LogP contribution is 2.29. The minimum atomic E-state index is -1.10. The molecule has 0 saturated heterocycles. The van der Waals surface area contributed by atoms with Crippen molar-refractivity contribution < 1.29 is 19.4 Å². The number of hydrogen-bond acceptors (Lipinski definition) is 3. The van der Waals surface area contributed by atoms with Crippen LogP contribution in [0.25, 0.3) is 0 Å². The number of anilines is 1. The first-order valence-corrected chi connectivity index (χ1v) is 6.86. The van der Waals surface area contributed by atoms with Crippen LogP contribution in [0.2, 0.25) is 0 Å². The highest BCUT2D eigenvalue weighted by molar-refractivity contribution is 6.00. The number of methoxy groups -OCH3 is 1.